The molecule has 0 aromatic rings. The molecule has 0 aromatic heterocycles. The van der Waals surface area contributed by atoms with Crippen molar-refractivity contribution < 1.29 is 0 Å². The molecule has 0 aliphatic heterocycles. The first-order chi connectivity index (χ1) is 5.22. The smallest absolute Gasteiger partial charge is 0.00544 e. The fourth-order valence-corrected chi connectivity index (χ4v) is 0.896. The summed E-state index contributed by atoms with van der Waals surface area (Å²) in [6.45, 7) is 10.1. The summed E-state index contributed by atoms with van der Waals surface area (Å²) in [5, 5.41) is 0. The summed E-state index contributed by atoms with van der Waals surface area (Å²) in [5.74, 6) is 0.569. The van der Waals surface area contributed by atoms with Crippen molar-refractivity contribution in [3.63, 3.8) is 0 Å². The minimum Gasteiger partial charge on any atom is -0.103 e. The molecule has 0 radical (unpaired) electrons. The number of hydrogen-bond donors (Lipinski definition) is 0. The van der Waals surface area contributed by atoms with Crippen LogP contribution in [0.4, 0.5) is 0 Å². The van der Waals surface area contributed by atoms with Crippen LogP contribution in [0.2, 0.25) is 0 Å². The van der Waals surface area contributed by atoms with Gasteiger partial charge < -0.3 is 0 Å². The molecule has 62 valence electrons. The van der Waals surface area contributed by atoms with Crippen molar-refractivity contribution in [2.45, 2.75) is 27.2 Å². The Morgan fingerprint density at radius 1 is 1.55 bits per heavy atom. The van der Waals surface area contributed by atoms with Crippen LogP contribution in [0, 0.1) is 5.92 Å². The molecule has 0 nitrogen and oxygen atoms in total. The third kappa shape index (κ3) is 4.60. The van der Waals surface area contributed by atoms with Gasteiger partial charge >= 0.3 is 0 Å². The second kappa shape index (κ2) is 5.96. The van der Waals surface area contributed by atoms with Crippen LogP contribution in [0.15, 0.2) is 36.5 Å². The van der Waals surface area contributed by atoms with Crippen LogP contribution in [0.5, 0.6) is 0 Å². The summed E-state index contributed by atoms with van der Waals surface area (Å²) in [6, 6.07) is 0. The first-order valence-electron chi connectivity index (χ1n) is 4.12. The first kappa shape index (κ1) is 10.2. The summed E-state index contributed by atoms with van der Waals surface area (Å²) in [6.07, 6.45) is 9.42. The lowest BCUT2D eigenvalue weighted by Gasteiger charge is -2.05. The lowest BCUT2D eigenvalue weighted by atomic mass is 10.0. The maximum Gasteiger partial charge on any atom is -0.00544 e. The maximum atomic E-state index is 3.68. The summed E-state index contributed by atoms with van der Waals surface area (Å²) in [7, 11) is 0. The summed E-state index contributed by atoms with van der Waals surface area (Å²) in [5.41, 5.74) is 1.42. The average Bonchev–Trinajstić information content (AvgIpc) is 2.00. The quantitative estimate of drug-likeness (QED) is 0.536. The largest absolute Gasteiger partial charge is 0.103 e. The third-order valence-electron chi connectivity index (χ3n) is 1.81. The molecule has 11 heavy (non-hydrogen) atoms. The normalized spacial score (nSPS) is 15.4. The highest BCUT2D eigenvalue weighted by Crippen LogP contribution is 2.11. The van der Waals surface area contributed by atoms with Gasteiger partial charge in [0.15, 0.2) is 0 Å². The van der Waals surface area contributed by atoms with Gasteiger partial charge in [-0.25, -0.2) is 0 Å². The second-order valence-corrected chi connectivity index (χ2v) is 2.79. The van der Waals surface area contributed by atoms with Crippen LogP contribution < -0.4 is 0 Å². The van der Waals surface area contributed by atoms with E-state index in [2.05, 4.69) is 45.6 Å². The van der Waals surface area contributed by atoms with Crippen molar-refractivity contribution in [1.29, 1.82) is 0 Å². The van der Waals surface area contributed by atoms with Crippen molar-refractivity contribution in [2.75, 3.05) is 0 Å². The Balaban J connectivity index is 3.99. The monoisotopic (exact) mass is 150 g/mol. The molecule has 0 fully saturated rings. The molecule has 0 heteroatoms. The molecule has 0 rings (SSSR count). The summed E-state index contributed by atoms with van der Waals surface area (Å²) in [4.78, 5) is 0. The minimum absolute atomic E-state index is 0.569. The highest BCUT2D eigenvalue weighted by molar-refractivity contribution is 5.10. The molecule has 0 aliphatic rings. The number of rotatable bonds is 4. The molecular weight excluding hydrogens is 132 g/mol. The molecular formula is C11H18. The van der Waals surface area contributed by atoms with Gasteiger partial charge in [0.2, 0.25) is 0 Å². The van der Waals surface area contributed by atoms with Crippen LogP contribution in [-0.4, -0.2) is 0 Å². The Morgan fingerprint density at radius 2 is 2.18 bits per heavy atom. The number of hydrogen-bond acceptors (Lipinski definition) is 0. The fraction of sp³-hybridized carbons (Fsp3) is 0.455. The van der Waals surface area contributed by atoms with Crippen LogP contribution >= 0.6 is 0 Å². The van der Waals surface area contributed by atoms with E-state index in [1.165, 1.54) is 5.57 Å². The van der Waals surface area contributed by atoms with Crippen LogP contribution in [-0.2, 0) is 0 Å². The molecule has 0 saturated heterocycles. The van der Waals surface area contributed by atoms with E-state index >= 15 is 0 Å². The topological polar surface area (TPSA) is 0 Å². The summed E-state index contributed by atoms with van der Waals surface area (Å²) >= 11 is 0. The van der Waals surface area contributed by atoms with E-state index in [0.29, 0.717) is 5.92 Å². The fourth-order valence-electron chi connectivity index (χ4n) is 0.896. The van der Waals surface area contributed by atoms with Crippen molar-refractivity contribution in [3.8, 4) is 0 Å². The molecule has 1 unspecified atom stereocenters. The van der Waals surface area contributed by atoms with Gasteiger partial charge in [-0.05, 0) is 26.2 Å². The molecule has 0 heterocycles. The van der Waals surface area contributed by atoms with E-state index in [9.17, 15) is 0 Å². The molecule has 0 N–H and O–H groups in total. The predicted octanol–water partition coefficient (Wildman–Crippen LogP) is 3.72. The SMILES string of the molecule is C=CC/C=C(\C)C(C)/C=C/C. The highest BCUT2D eigenvalue weighted by Gasteiger charge is 1.96. The lowest BCUT2D eigenvalue weighted by molar-refractivity contribution is 0.854. The Bertz CT molecular complexity index is 161. The highest BCUT2D eigenvalue weighted by atomic mass is 14.0. The second-order valence-electron chi connectivity index (χ2n) is 2.79. The van der Waals surface area contributed by atoms with E-state index in [-0.39, 0.29) is 0 Å². The Morgan fingerprint density at radius 3 is 2.64 bits per heavy atom. The standard InChI is InChI=1S/C11H18/c1-5-7-9-11(4)10(3)8-6-2/h5-6,8-10H,1,7H2,2-4H3/b8-6+,11-9+. The van der Waals surface area contributed by atoms with Crippen LogP contribution in [0.3, 0.4) is 0 Å². The predicted molar refractivity (Wildman–Crippen MR) is 52.5 cm³/mol. The van der Waals surface area contributed by atoms with Gasteiger partial charge in [-0.2, -0.15) is 0 Å². The van der Waals surface area contributed by atoms with Gasteiger partial charge in [-0.1, -0.05) is 36.8 Å². The maximum absolute atomic E-state index is 3.68. The Hall–Kier alpha value is -0.780. The minimum atomic E-state index is 0.569. The van der Waals surface area contributed by atoms with E-state index in [1.54, 1.807) is 0 Å². The van der Waals surface area contributed by atoms with Gasteiger partial charge in [0.05, 0.1) is 0 Å². The molecule has 1 atom stereocenters. The average molecular weight is 150 g/mol. The Kier molecular flexibility index (Phi) is 5.54. The van der Waals surface area contributed by atoms with Crippen molar-refractivity contribution in [1.82, 2.24) is 0 Å². The van der Waals surface area contributed by atoms with E-state index in [0.717, 1.165) is 6.42 Å². The lowest BCUT2D eigenvalue weighted by Crippen LogP contribution is -1.90. The molecule has 0 aliphatic carbocycles. The van der Waals surface area contributed by atoms with Gasteiger partial charge in [0, 0.05) is 0 Å². The zero-order valence-electron chi connectivity index (χ0n) is 7.80. The van der Waals surface area contributed by atoms with E-state index in [1.807, 2.05) is 6.08 Å². The molecule has 0 aromatic carbocycles. The van der Waals surface area contributed by atoms with Crippen LogP contribution in [0.25, 0.3) is 0 Å². The van der Waals surface area contributed by atoms with E-state index in [4.69, 9.17) is 0 Å². The van der Waals surface area contributed by atoms with Gasteiger partial charge in [-0.15, -0.1) is 6.58 Å². The molecule has 0 spiro atoms. The molecule has 0 amide bonds. The number of allylic oxidation sites excluding steroid dienone is 5. The van der Waals surface area contributed by atoms with Crippen LogP contribution in [0.1, 0.15) is 27.2 Å². The third-order valence-corrected chi connectivity index (χ3v) is 1.81. The van der Waals surface area contributed by atoms with Crippen molar-refractivity contribution in [3.05, 3.63) is 36.5 Å². The zero-order chi connectivity index (χ0) is 8.69. The van der Waals surface area contributed by atoms with Crippen molar-refractivity contribution in [2.24, 2.45) is 5.92 Å². The Labute approximate surface area is 70.3 Å². The van der Waals surface area contributed by atoms with E-state index < -0.39 is 0 Å². The van der Waals surface area contributed by atoms with Crippen molar-refractivity contribution >= 4 is 0 Å². The van der Waals surface area contributed by atoms with Gasteiger partial charge in [0.1, 0.15) is 0 Å². The van der Waals surface area contributed by atoms with Gasteiger partial charge in [-0.3, -0.25) is 0 Å². The first-order valence-corrected chi connectivity index (χ1v) is 4.12. The molecule has 0 saturated carbocycles. The summed E-state index contributed by atoms with van der Waals surface area (Å²) < 4.78 is 0. The zero-order valence-corrected chi connectivity index (χ0v) is 7.80. The molecule has 0 bridgehead atoms. The van der Waals surface area contributed by atoms with Gasteiger partial charge in [0.25, 0.3) is 0 Å².